The lowest BCUT2D eigenvalue weighted by Gasteiger charge is -2.23. The standard InChI is InChI=1S/C11H13FN2O5S/c1-14(9-2-3-18-7-9)11(15)8-4-10(6-13-5-8)19-20(12,16)17/h4-6,9H,2-3,7H2,1H3. The number of aromatic nitrogens is 1. The molecule has 1 aliphatic rings. The zero-order chi connectivity index (χ0) is 14.8. The maximum atomic E-state index is 12.4. The number of hydrogen-bond donors (Lipinski definition) is 0. The van der Waals surface area contributed by atoms with Crippen LogP contribution in [-0.2, 0) is 15.2 Å². The van der Waals surface area contributed by atoms with E-state index < -0.39 is 10.5 Å². The summed E-state index contributed by atoms with van der Waals surface area (Å²) in [5, 5.41) is 0. The predicted molar refractivity (Wildman–Crippen MR) is 66.2 cm³/mol. The molecular weight excluding hydrogens is 291 g/mol. The summed E-state index contributed by atoms with van der Waals surface area (Å²) < 4.78 is 42.5. The summed E-state index contributed by atoms with van der Waals surface area (Å²) in [4.78, 5) is 17.3. The molecule has 20 heavy (non-hydrogen) atoms. The number of carbonyl (C=O) groups excluding carboxylic acids is 1. The molecule has 110 valence electrons. The van der Waals surface area contributed by atoms with Crippen LogP contribution in [0.1, 0.15) is 16.8 Å². The van der Waals surface area contributed by atoms with Crippen LogP contribution in [0.3, 0.4) is 0 Å². The summed E-state index contributed by atoms with van der Waals surface area (Å²) in [6, 6.07) is 1.08. The lowest BCUT2D eigenvalue weighted by molar-refractivity contribution is 0.0710. The Morgan fingerprint density at radius 1 is 1.55 bits per heavy atom. The highest BCUT2D eigenvalue weighted by molar-refractivity contribution is 7.81. The minimum absolute atomic E-state index is 0.0445. The van der Waals surface area contributed by atoms with Gasteiger partial charge in [-0.05, 0) is 12.5 Å². The Morgan fingerprint density at radius 3 is 2.90 bits per heavy atom. The van der Waals surface area contributed by atoms with Gasteiger partial charge in [-0.3, -0.25) is 9.78 Å². The van der Waals surface area contributed by atoms with Gasteiger partial charge in [-0.1, -0.05) is 3.89 Å². The number of ether oxygens (including phenoxy) is 1. The third kappa shape index (κ3) is 3.64. The molecule has 1 atom stereocenters. The highest BCUT2D eigenvalue weighted by Gasteiger charge is 2.25. The highest BCUT2D eigenvalue weighted by Crippen LogP contribution is 2.18. The summed E-state index contributed by atoms with van der Waals surface area (Å²) >= 11 is 0. The Bertz CT molecular complexity index is 601. The average Bonchev–Trinajstić information content (AvgIpc) is 2.89. The second-order valence-corrected chi connectivity index (χ2v) is 5.27. The van der Waals surface area contributed by atoms with Gasteiger partial charge in [-0.2, -0.15) is 8.42 Å². The molecule has 1 aliphatic heterocycles. The zero-order valence-corrected chi connectivity index (χ0v) is 11.5. The second-order valence-electron chi connectivity index (χ2n) is 4.32. The minimum Gasteiger partial charge on any atom is -0.379 e. The van der Waals surface area contributed by atoms with Crippen molar-refractivity contribution in [3.8, 4) is 5.75 Å². The molecule has 1 fully saturated rings. The van der Waals surface area contributed by atoms with E-state index in [1.807, 2.05) is 0 Å². The Hall–Kier alpha value is -1.74. The fraction of sp³-hybridized carbons (Fsp3) is 0.455. The van der Waals surface area contributed by atoms with Crippen LogP contribution in [0, 0.1) is 0 Å². The molecule has 0 spiro atoms. The summed E-state index contributed by atoms with van der Waals surface area (Å²) in [5.74, 6) is -0.718. The first-order chi connectivity index (χ1) is 9.37. The average molecular weight is 304 g/mol. The molecule has 0 radical (unpaired) electrons. The maximum absolute atomic E-state index is 12.4. The van der Waals surface area contributed by atoms with Gasteiger partial charge < -0.3 is 13.8 Å². The number of halogens is 1. The Kier molecular flexibility index (Phi) is 4.19. The molecule has 0 bridgehead atoms. The molecule has 9 heteroatoms. The van der Waals surface area contributed by atoms with Gasteiger partial charge in [0, 0.05) is 19.9 Å². The molecule has 0 aliphatic carbocycles. The lowest BCUT2D eigenvalue weighted by Crippen LogP contribution is -2.37. The second kappa shape index (κ2) is 5.71. The van der Waals surface area contributed by atoms with Crippen LogP contribution in [-0.4, -0.2) is 50.5 Å². The van der Waals surface area contributed by atoms with Gasteiger partial charge in [0.2, 0.25) is 0 Å². The topological polar surface area (TPSA) is 85.8 Å². The van der Waals surface area contributed by atoms with Crippen LogP contribution in [0.2, 0.25) is 0 Å². The van der Waals surface area contributed by atoms with Crippen molar-refractivity contribution in [1.82, 2.24) is 9.88 Å². The van der Waals surface area contributed by atoms with Crippen molar-refractivity contribution in [2.75, 3.05) is 20.3 Å². The largest absolute Gasteiger partial charge is 0.488 e. The van der Waals surface area contributed by atoms with Crippen molar-refractivity contribution >= 4 is 16.4 Å². The number of rotatable bonds is 4. The molecule has 1 aromatic rings. The van der Waals surface area contributed by atoms with Crippen LogP contribution >= 0.6 is 0 Å². The Morgan fingerprint density at radius 2 is 2.30 bits per heavy atom. The van der Waals surface area contributed by atoms with E-state index in [4.69, 9.17) is 4.74 Å². The molecule has 0 N–H and O–H groups in total. The van der Waals surface area contributed by atoms with E-state index in [-0.39, 0.29) is 23.3 Å². The molecular formula is C11H13FN2O5S. The zero-order valence-electron chi connectivity index (χ0n) is 10.7. The number of nitrogens with zero attached hydrogens (tertiary/aromatic N) is 2. The van der Waals surface area contributed by atoms with E-state index in [2.05, 4.69) is 9.17 Å². The van der Waals surface area contributed by atoms with E-state index in [1.165, 1.54) is 11.1 Å². The summed E-state index contributed by atoms with van der Waals surface area (Å²) in [7, 11) is -3.53. The quantitative estimate of drug-likeness (QED) is 0.755. The van der Waals surface area contributed by atoms with Crippen LogP contribution in [0.25, 0.3) is 0 Å². The van der Waals surface area contributed by atoms with Crippen molar-refractivity contribution in [3.05, 3.63) is 24.0 Å². The van der Waals surface area contributed by atoms with Gasteiger partial charge in [0.1, 0.15) is 0 Å². The van der Waals surface area contributed by atoms with Crippen LogP contribution in [0.5, 0.6) is 5.75 Å². The molecule has 2 rings (SSSR count). The molecule has 1 saturated heterocycles. The maximum Gasteiger partial charge on any atom is 0.488 e. The van der Waals surface area contributed by atoms with E-state index in [0.29, 0.717) is 13.2 Å². The molecule has 1 amide bonds. The monoisotopic (exact) mass is 304 g/mol. The third-order valence-corrected chi connectivity index (χ3v) is 3.32. The number of likely N-dealkylation sites (N-methyl/N-ethyl adjacent to an activating group) is 1. The molecule has 0 aromatic carbocycles. The Balaban J connectivity index is 2.15. The number of amides is 1. The smallest absolute Gasteiger partial charge is 0.379 e. The fourth-order valence-corrected chi connectivity index (χ4v) is 2.21. The van der Waals surface area contributed by atoms with Crippen molar-refractivity contribution < 1.29 is 26.0 Å². The van der Waals surface area contributed by atoms with Gasteiger partial charge in [0.15, 0.2) is 5.75 Å². The number of carbonyl (C=O) groups is 1. The fourth-order valence-electron chi connectivity index (χ4n) is 1.89. The van der Waals surface area contributed by atoms with Crippen molar-refractivity contribution in [2.24, 2.45) is 0 Å². The lowest BCUT2D eigenvalue weighted by atomic mass is 10.2. The summed E-state index contributed by atoms with van der Waals surface area (Å²) in [5.41, 5.74) is 0.112. The summed E-state index contributed by atoms with van der Waals surface area (Å²) in [6.07, 6.45) is 2.99. The molecule has 2 heterocycles. The number of pyridine rings is 1. The summed E-state index contributed by atoms with van der Waals surface area (Å²) in [6.45, 7) is 1.04. The third-order valence-electron chi connectivity index (χ3n) is 2.93. The predicted octanol–water partition coefficient (Wildman–Crippen LogP) is 0.536. The van der Waals surface area contributed by atoms with E-state index in [0.717, 1.165) is 18.7 Å². The first kappa shape index (κ1) is 14.7. The first-order valence-electron chi connectivity index (χ1n) is 5.81. The van der Waals surface area contributed by atoms with Crippen LogP contribution in [0.4, 0.5) is 3.89 Å². The van der Waals surface area contributed by atoms with Gasteiger partial charge >= 0.3 is 10.5 Å². The highest BCUT2D eigenvalue weighted by atomic mass is 32.3. The van der Waals surface area contributed by atoms with Gasteiger partial charge in [-0.25, -0.2) is 0 Å². The van der Waals surface area contributed by atoms with Crippen LogP contribution in [0.15, 0.2) is 18.5 Å². The SMILES string of the molecule is CN(C(=O)c1cncc(OS(=O)(=O)F)c1)C1CCOC1. The minimum atomic E-state index is -5.14. The van der Waals surface area contributed by atoms with Crippen LogP contribution < -0.4 is 4.18 Å². The van der Waals surface area contributed by atoms with Gasteiger partial charge in [0.25, 0.3) is 5.91 Å². The normalized spacial score (nSPS) is 18.8. The van der Waals surface area contributed by atoms with Crippen molar-refractivity contribution in [3.63, 3.8) is 0 Å². The Labute approximate surface area is 115 Å². The van der Waals surface area contributed by atoms with Crippen molar-refractivity contribution in [2.45, 2.75) is 12.5 Å². The van der Waals surface area contributed by atoms with E-state index >= 15 is 0 Å². The van der Waals surface area contributed by atoms with E-state index in [1.54, 1.807) is 7.05 Å². The van der Waals surface area contributed by atoms with E-state index in [9.17, 15) is 17.1 Å². The molecule has 1 unspecified atom stereocenters. The number of hydrogen-bond acceptors (Lipinski definition) is 6. The van der Waals surface area contributed by atoms with Crippen molar-refractivity contribution in [1.29, 1.82) is 0 Å². The molecule has 1 aromatic heterocycles. The molecule has 0 saturated carbocycles. The van der Waals surface area contributed by atoms with Gasteiger partial charge in [-0.15, -0.1) is 0 Å². The van der Waals surface area contributed by atoms with Gasteiger partial charge in [0.05, 0.1) is 24.4 Å². The molecule has 7 nitrogen and oxygen atoms in total. The first-order valence-corrected chi connectivity index (χ1v) is 7.12.